The number of piperidine rings is 1. The molecule has 1 aliphatic carbocycles. The molecular formula is C27H30ClF3N2O4. The third-order valence-corrected chi connectivity index (χ3v) is 7.84. The number of benzene rings is 2. The zero-order valence-corrected chi connectivity index (χ0v) is 21.5. The average Bonchev–Trinajstić information content (AvgIpc) is 2.85. The molecule has 2 aromatic rings. The minimum absolute atomic E-state index is 0.0342. The molecule has 1 heterocycles. The monoisotopic (exact) mass is 538 g/mol. The van der Waals surface area contributed by atoms with E-state index in [4.69, 9.17) is 16.3 Å². The van der Waals surface area contributed by atoms with Crippen LogP contribution in [0.15, 0.2) is 48.5 Å². The van der Waals surface area contributed by atoms with E-state index in [2.05, 4.69) is 0 Å². The summed E-state index contributed by atoms with van der Waals surface area (Å²) in [6.07, 6.45) is -2.29. The van der Waals surface area contributed by atoms with Gasteiger partial charge in [0.15, 0.2) is 0 Å². The van der Waals surface area contributed by atoms with Gasteiger partial charge in [0.05, 0.1) is 17.2 Å². The van der Waals surface area contributed by atoms with Crippen LogP contribution >= 0.6 is 11.6 Å². The van der Waals surface area contributed by atoms with Crippen molar-refractivity contribution in [2.45, 2.75) is 37.5 Å². The Bertz CT molecular complexity index is 1140. The number of ether oxygens (including phenoxy) is 1. The van der Waals surface area contributed by atoms with Gasteiger partial charge < -0.3 is 19.6 Å². The SMILES string of the molecule is CN(C)C(=O)c1ccc(OCC2CC3(CCN(C(=O)[C@](O)(c4ccccc4)C(F)(F)F)CC3)C2)cc1Cl. The third-order valence-electron chi connectivity index (χ3n) is 7.53. The zero-order chi connectivity index (χ0) is 27.0. The minimum atomic E-state index is -5.14. The van der Waals surface area contributed by atoms with Crippen LogP contribution < -0.4 is 4.74 Å². The van der Waals surface area contributed by atoms with Crippen molar-refractivity contribution in [3.8, 4) is 5.75 Å². The Morgan fingerprint density at radius 2 is 1.73 bits per heavy atom. The molecular weight excluding hydrogens is 509 g/mol. The molecule has 0 radical (unpaired) electrons. The Morgan fingerprint density at radius 1 is 1.11 bits per heavy atom. The van der Waals surface area contributed by atoms with E-state index in [1.165, 1.54) is 23.1 Å². The number of carbonyl (C=O) groups is 2. The first kappa shape index (κ1) is 27.3. The van der Waals surface area contributed by atoms with Crippen molar-refractivity contribution in [3.63, 3.8) is 0 Å². The molecule has 1 N–H and O–H groups in total. The molecule has 200 valence electrons. The van der Waals surface area contributed by atoms with Gasteiger partial charge in [-0.05, 0) is 55.2 Å². The van der Waals surface area contributed by atoms with E-state index < -0.39 is 23.2 Å². The van der Waals surface area contributed by atoms with Gasteiger partial charge in [-0.2, -0.15) is 13.2 Å². The number of carbonyl (C=O) groups excluding carboxylic acids is 2. The molecule has 0 aromatic heterocycles. The van der Waals surface area contributed by atoms with E-state index in [0.29, 0.717) is 35.8 Å². The van der Waals surface area contributed by atoms with Crippen LogP contribution in [0.1, 0.15) is 41.6 Å². The Balaban J connectivity index is 1.31. The topological polar surface area (TPSA) is 70.1 Å². The first-order valence-electron chi connectivity index (χ1n) is 12.1. The molecule has 1 saturated heterocycles. The van der Waals surface area contributed by atoms with Crippen LogP contribution in [-0.4, -0.2) is 66.7 Å². The highest BCUT2D eigenvalue weighted by molar-refractivity contribution is 6.34. The summed E-state index contributed by atoms with van der Waals surface area (Å²) in [5.74, 6) is -0.678. The molecule has 2 aliphatic rings. The molecule has 2 amide bonds. The Morgan fingerprint density at radius 3 is 2.27 bits per heavy atom. The summed E-state index contributed by atoms with van der Waals surface area (Å²) in [5.41, 5.74) is -3.68. The van der Waals surface area contributed by atoms with E-state index in [0.717, 1.165) is 29.9 Å². The summed E-state index contributed by atoms with van der Waals surface area (Å²) in [5, 5.41) is 10.9. The number of nitrogens with zero attached hydrogens (tertiary/aromatic N) is 2. The number of alkyl halides is 3. The summed E-state index contributed by atoms with van der Waals surface area (Å²) >= 11 is 6.24. The van der Waals surface area contributed by atoms with Crippen molar-refractivity contribution in [1.82, 2.24) is 9.80 Å². The molecule has 2 fully saturated rings. The third kappa shape index (κ3) is 5.29. The van der Waals surface area contributed by atoms with Gasteiger partial charge in [0, 0.05) is 32.7 Å². The van der Waals surface area contributed by atoms with Crippen molar-refractivity contribution in [1.29, 1.82) is 0 Å². The normalized spacial score (nSPS) is 19.2. The molecule has 1 atom stereocenters. The Hall–Kier alpha value is -2.78. The molecule has 2 aromatic carbocycles. The molecule has 6 nitrogen and oxygen atoms in total. The van der Waals surface area contributed by atoms with Crippen molar-refractivity contribution in [2.24, 2.45) is 11.3 Å². The lowest BCUT2D eigenvalue weighted by molar-refractivity contribution is -0.262. The molecule has 1 aliphatic heterocycles. The largest absolute Gasteiger partial charge is 0.493 e. The summed E-state index contributed by atoms with van der Waals surface area (Å²) in [6.45, 7) is 0.784. The molecule has 1 spiro atoms. The van der Waals surface area contributed by atoms with Gasteiger partial charge in [-0.1, -0.05) is 41.9 Å². The maximum atomic E-state index is 13.9. The van der Waals surface area contributed by atoms with Crippen molar-refractivity contribution in [2.75, 3.05) is 33.8 Å². The predicted molar refractivity (Wildman–Crippen MR) is 132 cm³/mol. The number of rotatable bonds is 6. The Kier molecular flexibility index (Phi) is 7.50. The van der Waals surface area contributed by atoms with Gasteiger partial charge >= 0.3 is 6.18 Å². The van der Waals surface area contributed by atoms with Crippen LogP contribution in [0.4, 0.5) is 13.2 Å². The van der Waals surface area contributed by atoms with E-state index in [-0.39, 0.29) is 30.3 Å². The lowest BCUT2D eigenvalue weighted by Gasteiger charge is -2.52. The van der Waals surface area contributed by atoms with E-state index in [1.54, 1.807) is 32.3 Å². The standard InChI is InChI=1S/C27H30ClF3N2O4/c1-32(2)23(34)21-9-8-20(14-22(21)28)37-17-18-15-25(16-18)10-12-33(13-11-25)24(35)26(36,27(29,30)31)19-6-4-3-5-7-19/h3-9,14,18,36H,10-13,15-17H2,1-2H3/t26-/m1/s1. The molecule has 10 heteroatoms. The van der Waals surface area contributed by atoms with Crippen molar-refractivity contribution < 1.29 is 32.6 Å². The maximum Gasteiger partial charge on any atom is 0.430 e. The number of amides is 2. The van der Waals surface area contributed by atoms with Gasteiger partial charge in [-0.25, -0.2) is 0 Å². The number of likely N-dealkylation sites (tertiary alicyclic amines) is 1. The smallest absolute Gasteiger partial charge is 0.430 e. The van der Waals surface area contributed by atoms with Gasteiger partial charge in [-0.3, -0.25) is 9.59 Å². The highest BCUT2D eigenvalue weighted by Crippen LogP contribution is 2.53. The molecule has 0 unspecified atom stereocenters. The number of hydrogen-bond donors (Lipinski definition) is 1. The second-order valence-electron chi connectivity index (χ2n) is 10.3. The average molecular weight is 539 g/mol. The van der Waals surface area contributed by atoms with Crippen molar-refractivity contribution in [3.05, 3.63) is 64.7 Å². The van der Waals surface area contributed by atoms with Crippen LogP contribution in [0.2, 0.25) is 5.02 Å². The highest BCUT2D eigenvalue weighted by Gasteiger charge is 2.62. The van der Waals surface area contributed by atoms with Gasteiger partial charge in [0.2, 0.25) is 0 Å². The zero-order valence-electron chi connectivity index (χ0n) is 20.7. The van der Waals surface area contributed by atoms with Crippen molar-refractivity contribution >= 4 is 23.4 Å². The molecule has 1 saturated carbocycles. The second kappa shape index (κ2) is 10.2. The maximum absolute atomic E-state index is 13.9. The van der Waals surface area contributed by atoms with E-state index in [1.807, 2.05) is 0 Å². The first-order valence-corrected chi connectivity index (χ1v) is 12.5. The fourth-order valence-corrected chi connectivity index (χ4v) is 5.66. The summed E-state index contributed by atoms with van der Waals surface area (Å²) in [7, 11) is 3.30. The molecule has 4 rings (SSSR count). The highest BCUT2D eigenvalue weighted by atomic mass is 35.5. The van der Waals surface area contributed by atoms with E-state index >= 15 is 0 Å². The molecule has 37 heavy (non-hydrogen) atoms. The summed E-state index contributed by atoms with van der Waals surface area (Å²) in [4.78, 5) is 27.6. The lowest BCUT2D eigenvalue weighted by atomic mass is 9.57. The van der Waals surface area contributed by atoms with Crippen LogP contribution in [0.3, 0.4) is 0 Å². The van der Waals surface area contributed by atoms with E-state index in [9.17, 15) is 27.9 Å². The van der Waals surface area contributed by atoms with Crippen LogP contribution in [0, 0.1) is 11.3 Å². The predicted octanol–water partition coefficient (Wildman–Crippen LogP) is 4.89. The first-order chi connectivity index (χ1) is 17.4. The number of halogens is 4. The fraction of sp³-hybridized carbons (Fsp3) is 0.481. The molecule has 0 bridgehead atoms. The fourth-order valence-electron chi connectivity index (χ4n) is 5.41. The summed E-state index contributed by atoms with van der Waals surface area (Å²) in [6, 6.07) is 11.5. The van der Waals surface area contributed by atoms with Gasteiger partial charge in [0.25, 0.3) is 17.4 Å². The van der Waals surface area contributed by atoms with Crippen LogP contribution in [0.5, 0.6) is 5.75 Å². The minimum Gasteiger partial charge on any atom is -0.493 e. The van der Waals surface area contributed by atoms with Gasteiger partial charge in [-0.15, -0.1) is 0 Å². The summed E-state index contributed by atoms with van der Waals surface area (Å²) < 4.78 is 47.5. The number of hydrogen-bond acceptors (Lipinski definition) is 4. The van der Waals surface area contributed by atoms with Crippen LogP contribution in [0.25, 0.3) is 0 Å². The quantitative estimate of drug-likeness (QED) is 0.568. The second-order valence-corrected chi connectivity index (χ2v) is 10.7. The number of aliphatic hydroxyl groups is 1. The lowest BCUT2D eigenvalue weighted by Crippen LogP contribution is -2.58. The van der Waals surface area contributed by atoms with Gasteiger partial charge in [0.1, 0.15) is 5.75 Å². The Labute approximate surface area is 219 Å². The van der Waals surface area contributed by atoms with Crippen LogP contribution in [-0.2, 0) is 10.4 Å².